The smallest absolute Gasteiger partial charge is 0.0704 e. The Labute approximate surface area is 125 Å². The Morgan fingerprint density at radius 1 is 1.39 bits per heavy atom. The molecular formula is C14H15BrClNS. The van der Waals surface area contributed by atoms with Crippen molar-refractivity contribution in [2.75, 3.05) is 7.05 Å². The van der Waals surface area contributed by atoms with E-state index < -0.39 is 0 Å². The summed E-state index contributed by atoms with van der Waals surface area (Å²) < 4.78 is 1.18. The highest BCUT2D eigenvalue weighted by atomic mass is 79.9. The van der Waals surface area contributed by atoms with Crippen molar-refractivity contribution in [3.8, 4) is 0 Å². The van der Waals surface area contributed by atoms with Gasteiger partial charge in [0, 0.05) is 15.9 Å². The Morgan fingerprint density at radius 2 is 2.11 bits per heavy atom. The molecule has 1 unspecified atom stereocenters. The van der Waals surface area contributed by atoms with Crippen molar-refractivity contribution in [1.82, 2.24) is 5.32 Å². The summed E-state index contributed by atoms with van der Waals surface area (Å²) in [6.07, 6.45) is 0.903. The molecule has 2 aromatic rings. The zero-order valence-electron chi connectivity index (χ0n) is 10.3. The van der Waals surface area contributed by atoms with Gasteiger partial charge in [0.2, 0.25) is 0 Å². The lowest BCUT2D eigenvalue weighted by Gasteiger charge is -2.17. The standard InChI is InChI=1S/C14H15BrClNS/c1-9-11(8-14(15)18-9)13(17-2)7-10-5-3-4-6-12(10)16/h3-6,8,13,17H,7H2,1-2H3. The fourth-order valence-electron chi connectivity index (χ4n) is 2.06. The quantitative estimate of drug-likeness (QED) is 0.825. The Balaban J connectivity index is 2.25. The Kier molecular flexibility index (Phi) is 4.84. The molecule has 1 aromatic heterocycles. The third kappa shape index (κ3) is 3.15. The highest BCUT2D eigenvalue weighted by Crippen LogP contribution is 2.32. The minimum atomic E-state index is 0.299. The van der Waals surface area contributed by atoms with Gasteiger partial charge in [0.15, 0.2) is 0 Å². The van der Waals surface area contributed by atoms with Crippen molar-refractivity contribution in [2.24, 2.45) is 0 Å². The summed E-state index contributed by atoms with van der Waals surface area (Å²) in [6, 6.07) is 10.5. The Morgan fingerprint density at radius 3 is 2.67 bits per heavy atom. The minimum Gasteiger partial charge on any atom is -0.313 e. The molecule has 0 saturated carbocycles. The van der Waals surface area contributed by atoms with E-state index in [1.54, 1.807) is 11.3 Å². The van der Waals surface area contributed by atoms with Crippen LogP contribution in [0.15, 0.2) is 34.1 Å². The van der Waals surface area contributed by atoms with E-state index in [9.17, 15) is 0 Å². The van der Waals surface area contributed by atoms with Crippen molar-refractivity contribution in [3.05, 3.63) is 55.1 Å². The molecule has 1 heterocycles. The van der Waals surface area contributed by atoms with Gasteiger partial charge in [-0.3, -0.25) is 0 Å². The van der Waals surface area contributed by atoms with Crippen LogP contribution in [0.3, 0.4) is 0 Å². The van der Waals surface area contributed by atoms with Crippen molar-refractivity contribution in [1.29, 1.82) is 0 Å². The fraction of sp³-hybridized carbons (Fsp3) is 0.286. The summed E-state index contributed by atoms with van der Waals surface area (Å²) in [5.74, 6) is 0. The predicted octanol–water partition coefficient (Wildman–Crippen LogP) is 4.98. The molecule has 0 aliphatic carbocycles. The summed E-state index contributed by atoms with van der Waals surface area (Å²) in [4.78, 5) is 1.34. The third-order valence-electron chi connectivity index (χ3n) is 3.03. The molecule has 1 N–H and O–H groups in total. The number of nitrogens with one attached hydrogen (secondary N) is 1. The van der Waals surface area contributed by atoms with Crippen LogP contribution in [0, 0.1) is 6.92 Å². The van der Waals surface area contributed by atoms with Crippen LogP contribution in [0.25, 0.3) is 0 Å². The second kappa shape index (κ2) is 6.20. The van der Waals surface area contributed by atoms with Gasteiger partial charge in [-0.15, -0.1) is 11.3 Å². The van der Waals surface area contributed by atoms with Gasteiger partial charge in [-0.25, -0.2) is 0 Å². The fourth-order valence-corrected chi connectivity index (χ4v) is 4.04. The lowest BCUT2D eigenvalue weighted by atomic mass is 10.00. The monoisotopic (exact) mass is 343 g/mol. The van der Waals surface area contributed by atoms with Crippen LogP contribution in [-0.2, 0) is 6.42 Å². The first-order chi connectivity index (χ1) is 8.61. The van der Waals surface area contributed by atoms with E-state index in [1.807, 2.05) is 25.2 Å². The van der Waals surface area contributed by atoms with Gasteiger partial charge in [-0.1, -0.05) is 29.8 Å². The Hall–Kier alpha value is -0.350. The van der Waals surface area contributed by atoms with Crippen LogP contribution in [0.2, 0.25) is 5.02 Å². The van der Waals surface area contributed by atoms with Gasteiger partial charge in [-0.2, -0.15) is 0 Å². The number of rotatable bonds is 4. The molecule has 0 aliphatic heterocycles. The zero-order valence-corrected chi connectivity index (χ0v) is 13.5. The maximum Gasteiger partial charge on any atom is 0.0704 e. The molecular weight excluding hydrogens is 330 g/mol. The molecule has 0 amide bonds. The number of aryl methyl sites for hydroxylation is 1. The van der Waals surface area contributed by atoms with Gasteiger partial charge in [0.25, 0.3) is 0 Å². The largest absolute Gasteiger partial charge is 0.313 e. The molecule has 0 aliphatic rings. The SMILES string of the molecule is CNC(Cc1ccccc1Cl)c1cc(Br)sc1C. The summed E-state index contributed by atoms with van der Waals surface area (Å²) in [7, 11) is 1.99. The van der Waals surface area contributed by atoms with Crippen LogP contribution in [0.4, 0.5) is 0 Å². The molecule has 18 heavy (non-hydrogen) atoms. The van der Waals surface area contributed by atoms with Crippen LogP contribution in [0.1, 0.15) is 22.0 Å². The molecule has 0 fully saturated rings. The second-order valence-electron chi connectivity index (χ2n) is 4.20. The second-order valence-corrected chi connectivity index (χ2v) is 7.24. The first kappa shape index (κ1) is 14.1. The molecule has 4 heteroatoms. The number of thiophene rings is 1. The number of halogens is 2. The maximum absolute atomic E-state index is 6.22. The molecule has 0 spiro atoms. The Bertz CT molecular complexity index is 538. The lowest BCUT2D eigenvalue weighted by molar-refractivity contribution is 0.591. The molecule has 1 aromatic carbocycles. The minimum absolute atomic E-state index is 0.299. The van der Waals surface area contributed by atoms with E-state index in [2.05, 4.69) is 40.3 Å². The molecule has 1 nitrogen and oxygen atoms in total. The van der Waals surface area contributed by atoms with Crippen LogP contribution >= 0.6 is 38.9 Å². The number of benzene rings is 1. The molecule has 2 rings (SSSR count). The highest BCUT2D eigenvalue weighted by Gasteiger charge is 2.16. The van der Waals surface area contributed by atoms with Gasteiger partial charge in [0.05, 0.1) is 3.79 Å². The van der Waals surface area contributed by atoms with Crippen molar-refractivity contribution in [2.45, 2.75) is 19.4 Å². The van der Waals surface area contributed by atoms with Crippen molar-refractivity contribution < 1.29 is 0 Å². The van der Waals surface area contributed by atoms with Gasteiger partial charge in [0.1, 0.15) is 0 Å². The van der Waals surface area contributed by atoms with Crippen LogP contribution in [-0.4, -0.2) is 7.05 Å². The summed E-state index contributed by atoms with van der Waals surface area (Å²) >= 11 is 11.5. The van der Waals surface area contributed by atoms with Gasteiger partial charge >= 0.3 is 0 Å². The molecule has 96 valence electrons. The highest BCUT2D eigenvalue weighted by molar-refractivity contribution is 9.11. The molecule has 0 saturated heterocycles. The van der Waals surface area contributed by atoms with Gasteiger partial charge < -0.3 is 5.32 Å². The molecule has 0 radical (unpaired) electrons. The maximum atomic E-state index is 6.22. The van der Waals surface area contributed by atoms with E-state index in [1.165, 1.54) is 19.8 Å². The predicted molar refractivity (Wildman–Crippen MR) is 83.7 cm³/mol. The van der Waals surface area contributed by atoms with Gasteiger partial charge in [-0.05, 0) is 59.6 Å². The topological polar surface area (TPSA) is 12.0 Å². The number of hydrogen-bond acceptors (Lipinski definition) is 2. The lowest BCUT2D eigenvalue weighted by Crippen LogP contribution is -2.19. The normalized spacial score (nSPS) is 12.7. The average Bonchev–Trinajstić information content (AvgIpc) is 2.67. The van der Waals surface area contributed by atoms with Crippen LogP contribution < -0.4 is 5.32 Å². The zero-order chi connectivity index (χ0) is 13.1. The van der Waals surface area contributed by atoms with E-state index in [-0.39, 0.29) is 0 Å². The van der Waals surface area contributed by atoms with Crippen molar-refractivity contribution >= 4 is 38.9 Å². The average molecular weight is 345 g/mol. The third-order valence-corrected chi connectivity index (χ3v) is 4.97. The number of hydrogen-bond donors (Lipinski definition) is 1. The van der Waals surface area contributed by atoms with Crippen LogP contribution in [0.5, 0.6) is 0 Å². The first-order valence-electron chi connectivity index (χ1n) is 5.78. The van der Waals surface area contributed by atoms with E-state index >= 15 is 0 Å². The molecule has 0 bridgehead atoms. The summed E-state index contributed by atoms with van der Waals surface area (Å²) in [6.45, 7) is 2.15. The molecule has 1 atom stereocenters. The summed E-state index contributed by atoms with van der Waals surface area (Å²) in [5.41, 5.74) is 2.52. The van der Waals surface area contributed by atoms with E-state index in [0.717, 1.165) is 11.4 Å². The van der Waals surface area contributed by atoms with Crippen molar-refractivity contribution in [3.63, 3.8) is 0 Å². The van der Waals surface area contributed by atoms with E-state index in [0.29, 0.717) is 6.04 Å². The number of likely N-dealkylation sites (N-methyl/N-ethyl adjacent to an activating group) is 1. The van der Waals surface area contributed by atoms with E-state index in [4.69, 9.17) is 11.6 Å². The summed E-state index contributed by atoms with van der Waals surface area (Å²) in [5, 5.41) is 4.21. The first-order valence-corrected chi connectivity index (χ1v) is 7.77.